The van der Waals surface area contributed by atoms with Gasteiger partial charge < -0.3 is 5.11 Å². The predicted molar refractivity (Wildman–Crippen MR) is 84.6 cm³/mol. The van der Waals surface area contributed by atoms with E-state index in [0.717, 1.165) is 22.3 Å². The molecular weight excluding hydrogens is 270 g/mol. The molecule has 108 valence electrons. The second-order valence-electron chi connectivity index (χ2n) is 5.84. The van der Waals surface area contributed by atoms with Crippen LogP contribution in [0.15, 0.2) is 17.9 Å². The molecule has 20 heavy (non-hydrogen) atoms. The highest BCUT2D eigenvalue weighted by atomic mass is 32.2. The third-order valence-corrected chi connectivity index (χ3v) is 4.82. The molecule has 0 spiro atoms. The van der Waals surface area contributed by atoms with Crippen molar-refractivity contribution in [3.05, 3.63) is 40.1 Å². The molecule has 1 aliphatic heterocycles. The lowest BCUT2D eigenvalue weighted by Gasteiger charge is -2.29. The van der Waals surface area contributed by atoms with E-state index in [1.807, 2.05) is 53.0 Å². The molecule has 0 saturated carbocycles. The Balaban J connectivity index is 2.70. The first-order valence-corrected chi connectivity index (χ1v) is 7.80. The van der Waals surface area contributed by atoms with Crippen molar-refractivity contribution in [3.63, 3.8) is 0 Å². The molecule has 0 aromatic heterocycles. The summed E-state index contributed by atoms with van der Waals surface area (Å²) in [5.74, 6) is 0.0435. The highest BCUT2D eigenvalue weighted by molar-refractivity contribution is 7.96. The number of aliphatic hydroxyl groups excluding tert-OH is 1. The summed E-state index contributed by atoms with van der Waals surface area (Å²) in [6, 6.07) is 4.09. The van der Waals surface area contributed by atoms with Gasteiger partial charge in [-0.1, -0.05) is 17.7 Å². The molecule has 0 unspecified atom stereocenters. The Morgan fingerprint density at radius 1 is 1.15 bits per heavy atom. The van der Waals surface area contributed by atoms with Crippen LogP contribution >= 0.6 is 11.9 Å². The molecule has 0 bridgehead atoms. The first-order valence-electron chi connectivity index (χ1n) is 6.62. The van der Waals surface area contributed by atoms with E-state index < -0.39 is 5.54 Å². The maximum absolute atomic E-state index is 12.6. The lowest BCUT2D eigenvalue weighted by atomic mass is 9.91. The Bertz CT molecular complexity index is 594. The topological polar surface area (TPSA) is 40.5 Å². The van der Waals surface area contributed by atoms with Crippen molar-refractivity contribution in [3.8, 4) is 0 Å². The highest BCUT2D eigenvalue weighted by Gasteiger charge is 2.46. The summed E-state index contributed by atoms with van der Waals surface area (Å²) in [4.78, 5) is 12.6. The van der Waals surface area contributed by atoms with Crippen molar-refractivity contribution in [2.45, 2.75) is 40.2 Å². The number of hydrogen-bond donors (Lipinski definition) is 1. The Morgan fingerprint density at radius 2 is 1.65 bits per heavy atom. The summed E-state index contributed by atoms with van der Waals surface area (Å²) in [6.45, 7) is 9.73. The van der Waals surface area contributed by atoms with Crippen LogP contribution in [0.3, 0.4) is 0 Å². The fourth-order valence-corrected chi connectivity index (χ4v) is 3.77. The van der Waals surface area contributed by atoms with Gasteiger partial charge in [-0.25, -0.2) is 0 Å². The van der Waals surface area contributed by atoms with E-state index in [1.54, 1.807) is 4.31 Å². The van der Waals surface area contributed by atoms with E-state index in [0.29, 0.717) is 5.57 Å². The second-order valence-corrected chi connectivity index (χ2v) is 6.57. The Morgan fingerprint density at radius 3 is 2.05 bits per heavy atom. The number of carbonyl (C=O) groups is 1. The summed E-state index contributed by atoms with van der Waals surface area (Å²) in [7, 11) is 0. The molecule has 1 aliphatic rings. The lowest BCUT2D eigenvalue weighted by molar-refractivity contribution is -0.121. The van der Waals surface area contributed by atoms with Crippen molar-refractivity contribution in [2.75, 3.05) is 6.26 Å². The van der Waals surface area contributed by atoms with Crippen molar-refractivity contribution in [1.82, 2.24) is 4.31 Å². The molecule has 1 aromatic rings. The van der Waals surface area contributed by atoms with Crippen LogP contribution in [0.4, 0.5) is 0 Å². The van der Waals surface area contributed by atoms with Gasteiger partial charge in [0.1, 0.15) is 11.3 Å². The molecule has 1 amide bonds. The van der Waals surface area contributed by atoms with Crippen LogP contribution in [-0.4, -0.2) is 27.1 Å². The molecule has 1 heterocycles. The number of rotatable bonds is 2. The van der Waals surface area contributed by atoms with Gasteiger partial charge in [-0.05, 0) is 63.3 Å². The fourth-order valence-electron chi connectivity index (χ4n) is 2.97. The van der Waals surface area contributed by atoms with E-state index in [1.165, 1.54) is 11.9 Å². The van der Waals surface area contributed by atoms with Gasteiger partial charge in [-0.3, -0.25) is 9.10 Å². The van der Waals surface area contributed by atoms with Crippen molar-refractivity contribution in [1.29, 1.82) is 0 Å². The molecule has 2 rings (SSSR count). The molecule has 0 saturated heterocycles. The zero-order chi connectivity index (χ0) is 15.2. The molecule has 1 N–H and O–H groups in total. The Hall–Kier alpha value is -1.42. The molecule has 0 radical (unpaired) electrons. The minimum atomic E-state index is -0.671. The molecule has 0 atom stereocenters. The SMILES string of the molecule is CSN1C(=O)C(c2c(C)cc(C)cc2C)=C(O)C1(C)C. The summed E-state index contributed by atoms with van der Waals surface area (Å²) in [6.07, 6.45) is 1.85. The molecule has 1 aromatic carbocycles. The van der Waals surface area contributed by atoms with Crippen LogP contribution in [0.25, 0.3) is 5.57 Å². The molecule has 0 fully saturated rings. The van der Waals surface area contributed by atoms with Crippen LogP contribution in [0.1, 0.15) is 36.1 Å². The first kappa shape index (κ1) is 15.0. The highest BCUT2D eigenvalue weighted by Crippen LogP contribution is 2.43. The fraction of sp³-hybridized carbons (Fsp3) is 0.438. The average Bonchev–Trinajstić information content (AvgIpc) is 2.47. The van der Waals surface area contributed by atoms with Crippen LogP contribution < -0.4 is 0 Å². The van der Waals surface area contributed by atoms with Crippen molar-refractivity contribution in [2.24, 2.45) is 0 Å². The largest absolute Gasteiger partial charge is 0.509 e. The molecule has 3 nitrogen and oxygen atoms in total. The summed E-state index contributed by atoms with van der Waals surface area (Å²) >= 11 is 1.35. The quantitative estimate of drug-likeness (QED) is 0.843. The van der Waals surface area contributed by atoms with Gasteiger partial charge >= 0.3 is 0 Å². The summed E-state index contributed by atoms with van der Waals surface area (Å²) in [5, 5.41) is 10.6. The predicted octanol–water partition coefficient (Wildman–Crippen LogP) is 3.78. The lowest BCUT2D eigenvalue weighted by Crippen LogP contribution is -2.38. The number of aryl methyl sites for hydroxylation is 3. The van der Waals surface area contributed by atoms with Crippen LogP contribution in [0.2, 0.25) is 0 Å². The van der Waals surface area contributed by atoms with Crippen LogP contribution in [0, 0.1) is 20.8 Å². The number of aliphatic hydroxyl groups is 1. The summed E-state index contributed by atoms with van der Waals surface area (Å²) < 4.78 is 1.64. The van der Waals surface area contributed by atoms with Gasteiger partial charge in [-0.2, -0.15) is 0 Å². The van der Waals surface area contributed by atoms with Crippen molar-refractivity contribution < 1.29 is 9.90 Å². The van der Waals surface area contributed by atoms with E-state index in [4.69, 9.17) is 0 Å². The van der Waals surface area contributed by atoms with Crippen molar-refractivity contribution >= 4 is 23.4 Å². The molecule has 4 heteroatoms. The maximum atomic E-state index is 12.6. The number of benzene rings is 1. The Labute approximate surface area is 124 Å². The molecule has 0 aliphatic carbocycles. The average molecular weight is 291 g/mol. The minimum Gasteiger partial charge on any atom is -0.509 e. The standard InChI is InChI=1S/C16H21NO2S/c1-9-7-10(2)12(11(3)8-9)13-14(18)16(4,5)17(20-6)15(13)19/h7-8,18H,1-6H3. The zero-order valence-electron chi connectivity index (χ0n) is 12.9. The third kappa shape index (κ3) is 2.03. The van der Waals surface area contributed by atoms with Gasteiger partial charge in [-0.15, -0.1) is 0 Å². The van der Waals surface area contributed by atoms with Gasteiger partial charge in [0.05, 0.1) is 5.57 Å². The first-order chi connectivity index (χ1) is 9.21. The molecular formula is C16H21NO2S. The minimum absolute atomic E-state index is 0.116. The van der Waals surface area contributed by atoms with Gasteiger partial charge in [0.2, 0.25) is 0 Å². The van der Waals surface area contributed by atoms with Crippen LogP contribution in [0.5, 0.6) is 0 Å². The number of amides is 1. The zero-order valence-corrected chi connectivity index (χ0v) is 13.7. The third-order valence-electron chi connectivity index (χ3n) is 3.83. The number of hydrogen-bond acceptors (Lipinski definition) is 3. The van der Waals surface area contributed by atoms with Gasteiger partial charge in [0.15, 0.2) is 0 Å². The normalized spacial score (nSPS) is 18.1. The maximum Gasteiger partial charge on any atom is 0.268 e. The van der Waals surface area contributed by atoms with E-state index >= 15 is 0 Å². The smallest absolute Gasteiger partial charge is 0.268 e. The Kier molecular flexibility index (Phi) is 3.63. The van der Waals surface area contributed by atoms with Gasteiger partial charge in [0.25, 0.3) is 5.91 Å². The van der Waals surface area contributed by atoms with Gasteiger partial charge in [0, 0.05) is 6.26 Å². The second kappa shape index (κ2) is 4.85. The van der Waals surface area contributed by atoms with E-state index in [9.17, 15) is 9.90 Å². The van der Waals surface area contributed by atoms with E-state index in [2.05, 4.69) is 0 Å². The monoisotopic (exact) mass is 291 g/mol. The number of carbonyl (C=O) groups excluding carboxylic acids is 1. The van der Waals surface area contributed by atoms with Crippen LogP contribution in [-0.2, 0) is 4.79 Å². The number of nitrogens with zero attached hydrogens (tertiary/aromatic N) is 1. The van der Waals surface area contributed by atoms with E-state index in [-0.39, 0.29) is 11.7 Å². The summed E-state index contributed by atoms with van der Waals surface area (Å²) in [5.41, 5.74) is 3.85.